The van der Waals surface area contributed by atoms with Crippen molar-refractivity contribution in [1.29, 1.82) is 0 Å². The van der Waals surface area contributed by atoms with Gasteiger partial charge in [0.25, 0.3) is 0 Å². The summed E-state index contributed by atoms with van der Waals surface area (Å²) in [6, 6.07) is 7.06. The summed E-state index contributed by atoms with van der Waals surface area (Å²) >= 11 is 0. The largest absolute Gasteiger partial charge is 0.480 e. The van der Waals surface area contributed by atoms with Gasteiger partial charge in [0.2, 0.25) is 0 Å². The molecule has 0 amide bonds. The first kappa shape index (κ1) is 19.0. The third-order valence-electron chi connectivity index (χ3n) is 3.09. The molecular formula is C13H20Cl2N2O3. The Labute approximate surface area is 130 Å². The second-order valence-corrected chi connectivity index (χ2v) is 4.41. The van der Waals surface area contributed by atoms with Crippen LogP contribution < -0.4 is 10.6 Å². The van der Waals surface area contributed by atoms with Gasteiger partial charge in [-0.15, -0.1) is 24.8 Å². The highest BCUT2D eigenvalue weighted by molar-refractivity contribution is 5.85. The molecule has 0 saturated carbocycles. The summed E-state index contributed by atoms with van der Waals surface area (Å²) in [6.07, 6.45) is 0.360. The monoisotopic (exact) mass is 322 g/mol. The van der Waals surface area contributed by atoms with E-state index >= 15 is 0 Å². The van der Waals surface area contributed by atoms with Gasteiger partial charge in [0.1, 0.15) is 6.04 Å². The molecule has 1 aromatic carbocycles. The van der Waals surface area contributed by atoms with Crippen LogP contribution in [-0.2, 0) is 16.0 Å². The minimum absolute atomic E-state index is 0. The van der Waals surface area contributed by atoms with Gasteiger partial charge in [0, 0.05) is 18.8 Å². The predicted molar refractivity (Wildman–Crippen MR) is 83.3 cm³/mol. The van der Waals surface area contributed by atoms with Crippen molar-refractivity contribution in [3.63, 3.8) is 0 Å². The molecule has 0 unspecified atom stereocenters. The molecule has 1 atom stereocenters. The standard InChI is InChI=1S/C13H18N2O3.2ClH/c14-12(13(16)17)9-10-1-3-11(4-2-10)15-5-7-18-8-6-15;;/h1-4,12H,5-9,14H2,(H,16,17);2*1H/t12-;;/m0../s1. The average molecular weight is 323 g/mol. The molecule has 1 aliphatic rings. The number of morpholine rings is 1. The minimum atomic E-state index is -0.966. The van der Waals surface area contributed by atoms with Gasteiger partial charge in [0.05, 0.1) is 13.2 Å². The molecule has 3 N–H and O–H groups in total. The van der Waals surface area contributed by atoms with Crippen molar-refractivity contribution in [2.24, 2.45) is 5.73 Å². The average Bonchev–Trinajstić information content (AvgIpc) is 2.40. The van der Waals surface area contributed by atoms with E-state index in [0.29, 0.717) is 6.42 Å². The van der Waals surface area contributed by atoms with Crippen LogP contribution in [0.15, 0.2) is 24.3 Å². The maximum absolute atomic E-state index is 10.7. The molecule has 20 heavy (non-hydrogen) atoms. The van der Waals surface area contributed by atoms with Gasteiger partial charge in [0.15, 0.2) is 0 Å². The molecular weight excluding hydrogens is 303 g/mol. The number of nitrogens with zero attached hydrogens (tertiary/aromatic N) is 1. The Morgan fingerprint density at radius 1 is 1.25 bits per heavy atom. The number of carboxylic acids is 1. The third kappa shape index (κ3) is 5.17. The number of benzene rings is 1. The molecule has 0 aliphatic carbocycles. The van der Waals surface area contributed by atoms with Gasteiger partial charge in [-0.3, -0.25) is 4.79 Å². The second kappa shape index (κ2) is 9.02. The molecule has 7 heteroatoms. The van der Waals surface area contributed by atoms with E-state index in [-0.39, 0.29) is 24.8 Å². The van der Waals surface area contributed by atoms with E-state index in [1.54, 1.807) is 0 Å². The number of halogens is 2. The second-order valence-electron chi connectivity index (χ2n) is 4.41. The van der Waals surface area contributed by atoms with E-state index < -0.39 is 12.0 Å². The van der Waals surface area contributed by atoms with Crippen molar-refractivity contribution in [3.05, 3.63) is 29.8 Å². The third-order valence-corrected chi connectivity index (χ3v) is 3.09. The number of rotatable bonds is 4. The van der Waals surface area contributed by atoms with E-state index in [2.05, 4.69) is 4.90 Å². The zero-order valence-electron chi connectivity index (χ0n) is 11.0. The fourth-order valence-corrected chi connectivity index (χ4v) is 2.01. The van der Waals surface area contributed by atoms with Crippen LogP contribution in [0, 0.1) is 0 Å². The maximum Gasteiger partial charge on any atom is 0.320 e. The molecule has 1 saturated heterocycles. The maximum atomic E-state index is 10.7. The highest BCUT2D eigenvalue weighted by atomic mass is 35.5. The zero-order valence-corrected chi connectivity index (χ0v) is 12.7. The summed E-state index contributed by atoms with van der Waals surface area (Å²) in [5, 5.41) is 8.75. The molecule has 1 heterocycles. The van der Waals surface area contributed by atoms with E-state index in [1.165, 1.54) is 0 Å². The van der Waals surface area contributed by atoms with Crippen LogP contribution in [0.25, 0.3) is 0 Å². The predicted octanol–water partition coefficient (Wildman–Crippen LogP) is 1.32. The van der Waals surface area contributed by atoms with Gasteiger partial charge in [-0.25, -0.2) is 0 Å². The molecule has 0 radical (unpaired) electrons. The van der Waals surface area contributed by atoms with E-state index in [9.17, 15) is 4.79 Å². The number of ether oxygens (including phenoxy) is 1. The molecule has 0 aromatic heterocycles. The van der Waals surface area contributed by atoms with Gasteiger partial charge in [-0.05, 0) is 24.1 Å². The number of carbonyl (C=O) groups is 1. The summed E-state index contributed by atoms with van der Waals surface area (Å²) in [5.74, 6) is -0.966. The molecule has 2 rings (SSSR count). The number of carboxylic acid groups (broad SMARTS) is 1. The molecule has 5 nitrogen and oxygen atoms in total. The first-order valence-electron chi connectivity index (χ1n) is 6.07. The van der Waals surface area contributed by atoms with Crippen molar-refractivity contribution in [2.75, 3.05) is 31.2 Å². The van der Waals surface area contributed by atoms with Gasteiger partial charge in [-0.1, -0.05) is 12.1 Å². The lowest BCUT2D eigenvalue weighted by atomic mass is 10.1. The van der Waals surface area contributed by atoms with Gasteiger partial charge >= 0.3 is 5.97 Å². The SMILES string of the molecule is Cl.Cl.N[C@@H](Cc1ccc(N2CCOCC2)cc1)C(=O)O. The Morgan fingerprint density at radius 2 is 1.80 bits per heavy atom. The van der Waals surface area contributed by atoms with Crippen molar-refractivity contribution in [1.82, 2.24) is 0 Å². The summed E-state index contributed by atoms with van der Waals surface area (Å²) in [6.45, 7) is 3.30. The minimum Gasteiger partial charge on any atom is -0.480 e. The Kier molecular flexibility index (Phi) is 8.57. The first-order chi connectivity index (χ1) is 8.66. The van der Waals surface area contributed by atoms with Crippen LogP contribution in [0.3, 0.4) is 0 Å². The van der Waals surface area contributed by atoms with Crippen LogP contribution in [0.1, 0.15) is 5.56 Å². The number of hydrogen-bond donors (Lipinski definition) is 2. The zero-order chi connectivity index (χ0) is 13.0. The number of hydrogen-bond acceptors (Lipinski definition) is 4. The first-order valence-corrected chi connectivity index (χ1v) is 6.07. The van der Waals surface area contributed by atoms with Crippen LogP contribution >= 0.6 is 24.8 Å². The topological polar surface area (TPSA) is 75.8 Å². The summed E-state index contributed by atoms with van der Waals surface area (Å²) in [4.78, 5) is 12.9. The summed E-state index contributed by atoms with van der Waals surface area (Å²) in [7, 11) is 0. The molecule has 0 bridgehead atoms. The van der Waals surface area contributed by atoms with Gasteiger partial charge < -0.3 is 20.5 Å². The fourth-order valence-electron chi connectivity index (χ4n) is 2.01. The van der Waals surface area contributed by atoms with Crippen molar-refractivity contribution in [3.8, 4) is 0 Å². The Hall–Kier alpha value is -1.01. The number of aliphatic carboxylic acids is 1. The lowest BCUT2D eigenvalue weighted by molar-refractivity contribution is -0.138. The highest BCUT2D eigenvalue weighted by Gasteiger charge is 2.13. The van der Waals surface area contributed by atoms with Crippen LogP contribution in [0.4, 0.5) is 5.69 Å². The molecule has 1 aliphatic heterocycles. The highest BCUT2D eigenvalue weighted by Crippen LogP contribution is 2.17. The van der Waals surface area contributed by atoms with Crippen molar-refractivity contribution in [2.45, 2.75) is 12.5 Å². The Bertz CT molecular complexity index is 409. The van der Waals surface area contributed by atoms with E-state index in [1.807, 2.05) is 24.3 Å². The normalized spacial score (nSPS) is 15.8. The number of anilines is 1. The lowest BCUT2D eigenvalue weighted by Gasteiger charge is -2.29. The fraction of sp³-hybridized carbons (Fsp3) is 0.462. The van der Waals surface area contributed by atoms with Crippen molar-refractivity contribution >= 4 is 36.5 Å². The van der Waals surface area contributed by atoms with E-state index in [4.69, 9.17) is 15.6 Å². The molecule has 0 spiro atoms. The lowest BCUT2D eigenvalue weighted by Crippen LogP contribution is -2.36. The summed E-state index contributed by atoms with van der Waals surface area (Å²) in [5.41, 5.74) is 7.59. The molecule has 1 aromatic rings. The number of nitrogens with two attached hydrogens (primary N) is 1. The van der Waals surface area contributed by atoms with Crippen LogP contribution in [0.2, 0.25) is 0 Å². The smallest absolute Gasteiger partial charge is 0.320 e. The summed E-state index contributed by atoms with van der Waals surface area (Å²) < 4.78 is 5.30. The quantitative estimate of drug-likeness (QED) is 0.874. The van der Waals surface area contributed by atoms with E-state index in [0.717, 1.165) is 37.6 Å². The molecule has 1 fully saturated rings. The van der Waals surface area contributed by atoms with Crippen LogP contribution in [-0.4, -0.2) is 43.4 Å². The Morgan fingerprint density at radius 3 is 2.30 bits per heavy atom. The Balaban J connectivity index is 0.00000180. The van der Waals surface area contributed by atoms with Gasteiger partial charge in [-0.2, -0.15) is 0 Å². The molecule has 114 valence electrons. The van der Waals surface area contributed by atoms with Crippen LogP contribution in [0.5, 0.6) is 0 Å². The van der Waals surface area contributed by atoms with Crippen molar-refractivity contribution < 1.29 is 14.6 Å².